The van der Waals surface area contributed by atoms with Crippen LogP contribution in [0.4, 0.5) is 0 Å². The summed E-state index contributed by atoms with van der Waals surface area (Å²) < 4.78 is 19.6. The number of hydrogen-bond acceptors (Lipinski definition) is 3. The Kier molecular flexibility index (Phi) is 2.95. The normalized spacial score (nSPS) is 12.7. The highest BCUT2D eigenvalue weighted by molar-refractivity contribution is 7.79. The van der Waals surface area contributed by atoms with Crippen molar-refractivity contribution >= 4 is 22.4 Å². The van der Waals surface area contributed by atoms with Gasteiger partial charge in [-0.2, -0.15) is 0 Å². The van der Waals surface area contributed by atoms with Crippen molar-refractivity contribution in [1.29, 1.82) is 0 Å². The van der Waals surface area contributed by atoms with Crippen LogP contribution in [-0.4, -0.2) is 13.7 Å². The van der Waals surface area contributed by atoms with Crippen LogP contribution in [0.1, 0.15) is 5.69 Å². The van der Waals surface area contributed by atoms with E-state index in [1.165, 1.54) is 0 Å². The topological polar surface area (TPSA) is 50.2 Å². The lowest BCUT2D eigenvalue weighted by atomic mass is 10.2. The first kappa shape index (κ1) is 10.5. The number of aryl methyl sites for hydroxylation is 1. The van der Waals surface area contributed by atoms with E-state index < -0.39 is 11.1 Å². The van der Waals surface area contributed by atoms with E-state index in [4.69, 9.17) is 4.55 Å². The average molecular weight is 239 g/mol. The van der Waals surface area contributed by atoms with Gasteiger partial charge in [-0.25, -0.2) is 9.19 Å². The van der Waals surface area contributed by atoms with Gasteiger partial charge in [-0.15, -0.1) is 11.3 Å². The van der Waals surface area contributed by atoms with E-state index in [0.29, 0.717) is 4.90 Å². The van der Waals surface area contributed by atoms with E-state index in [2.05, 4.69) is 4.98 Å². The van der Waals surface area contributed by atoms with Crippen molar-refractivity contribution in [2.45, 2.75) is 11.8 Å². The van der Waals surface area contributed by atoms with Crippen molar-refractivity contribution in [3.05, 3.63) is 35.3 Å². The molecule has 0 radical (unpaired) electrons. The van der Waals surface area contributed by atoms with Gasteiger partial charge < -0.3 is 4.55 Å². The molecule has 78 valence electrons. The molecule has 2 rings (SSSR count). The fourth-order valence-electron chi connectivity index (χ4n) is 1.20. The molecule has 1 unspecified atom stereocenters. The largest absolute Gasteiger partial charge is 0.302 e. The fourth-order valence-corrected chi connectivity index (χ4v) is 2.37. The summed E-state index contributed by atoms with van der Waals surface area (Å²) in [6.07, 6.45) is 0. The Bertz CT molecular complexity index is 490. The number of benzene rings is 1. The van der Waals surface area contributed by atoms with E-state index in [0.717, 1.165) is 16.3 Å². The predicted molar refractivity (Wildman–Crippen MR) is 61.3 cm³/mol. The molecule has 0 saturated heterocycles. The molecule has 1 N–H and O–H groups in total. The third-order valence-electron chi connectivity index (χ3n) is 1.92. The van der Waals surface area contributed by atoms with E-state index in [1.54, 1.807) is 23.5 Å². The van der Waals surface area contributed by atoms with E-state index in [1.807, 2.05) is 24.4 Å². The van der Waals surface area contributed by atoms with Crippen molar-refractivity contribution in [3.63, 3.8) is 0 Å². The smallest absolute Gasteiger partial charge is 0.186 e. The highest BCUT2D eigenvalue weighted by Crippen LogP contribution is 2.24. The van der Waals surface area contributed by atoms with E-state index >= 15 is 0 Å². The average Bonchev–Trinajstić information content (AvgIpc) is 2.65. The molecule has 1 heterocycles. The van der Waals surface area contributed by atoms with Gasteiger partial charge in [-0.3, -0.25) is 0 Å². The van der Waals surface area contributed by atoms with Gasteiger partial charge in [-0.1, -0.05) is 12.1 Å². The monoisotopic (exact) mass is 239 g/mol. The Balaban J connectivity index is 2.35. The van der Waals surface area contributed by atoms with Crippen molar-refractivity contribution in [1.82, 2.24) is 4.98 Å². The summed E-state index contributed by atoms with van der Waals surface area (Å²) in [4.78, 5) is 4.74. The van der Waals surface area contributed by atoms with Crippen LogP contribution in [-0.2, 0) is 11.1 Å². The number of hydrogen-bond donors (Lipinski definition) is 1. The van der Waals surface area contributed by atoms with E-state index in [9.17, 15) is 4.21 Å². The lowest BCUT2D eigenvalue weighted by Gasteiger charge is -1.97. The number of rotatable bonds is 2. The van der Waals surface area contributed by atoms with Gasteiger partial charge in [0.2, 0.25) is 0 Å². The molecule has 0 amide bonds. The third-order valence-corrected chi connectivity index (χ3v) is 3.61. The maximum atomic E-state index is 10.8. The van der Waals surface area contributed by atoms with Gasteiger partial charge >= 0.3 is 0 Å². The molecule has 0 fully saturated rings. The predicted octanol–water partition coefficient (Wildman–Crippen LogP) is 2.70. The van der Waals surface area contributed by atoms with Crippen LogP contribution in [0.2, 0.25) is 0 Å². The van der Waals surface area contributed by atoms with Crippen LogP contribution >= 0.6 is 11.3 Å². The van der Waals surface area contributed by atoms with Gasteiger partial charge in [0.1, 0.15) is 5.01 Å². The first-order valence-corrected chi connectivity index (χ1v) is 6.29. The van der Waals surface area contributed by atoms with Crippen molar-refractivity contribution in [2.24, 2.45) is 0 Å². The fraction of sp³-hybridized carbons (Fsp3) is 0.100. The molecule has 2 aromatic rings. The van der Waals surface area contributed by atoms with Crippen molar-refractivity contribution < 1.29 is 8.76 Å². The van der Waals surface area contributed by atoms with Crippen LogP contribution in [0.15, 0.2) is 34.5 Å². The molecule has 0 aliphatic rings. The zero-order valence-corrected chi connectivity index (χ0v) is 9.64. The highest BCUT2D eigenvalue weighted by Gasteiger charge is 2.04. The van der Waals surface area contributed by atoms with Crippen molar-refractivity contribution in [3.8, 4) is 10.6 Å². The molecule has 3 nitrogen and oxygen atoms in total. The Hall–Kier alpha value is -1.04. The maximum absolute atomic E-state index is 10.8. The van der Waals surface area contributed by atoms with Crippen LogP contribution < -0.4 is 0 Å². The molecule has 1 atom stereocenters. The molecule has 15 heavy (non-hydrogen) atoms. The zero-order chi connectivity index (χ0) is 10.8. The first-order valence-electron chi connectivity index (χ1n) is 4.30. The quantitative estimate of drug-likeness (QED) is 0.820. The minimum absolute atomic E-state index is 0.409. The first-order chi connectivity index (χ1) is 7.16. The van der Waals surface area contributed by atoms with Gasteiger partial charge in [0.05, 0.1) is 4.90 Å². The summed E-state index contributed by atoms with van der Waals surface area (Å²) in [6.45, 7) is 1.94. The zero-order valence-electron chi connectivity index (χ0n) is 8.01. The summed E-state index contributed by atoms with van der Waals surface area (Å²) in [5.74, 6) is 0. The molecule has 0 aliphatic heterocycles. The molecule has 5 heteroatoms. The maximum Gasteiger partial charge on any atom is 0.186 e. The van der Waals surface area contributed by atoms with Gasteiger partial charge in [0, 0.05) is 16.6 Å². The van der Waals surface area contributed by atoms with Crippen LogP contribution in [0.5, 0.6) is 0 Å². The summed E-state index contributed by atoms with van der Waals surface area (Å²) in [6, 6.07) is 6.90. The molecule has 0 bridgehead atoms. The summed E-state index contributed by atoms with van der Waals surface area (Å²) in [5, 5.41) is 2.91. The molecule has 0 aliphatic carbocycles. The molecule has 1 aromatic heterocycles. The summed E-state index contributed by atoms with van der Waals surface area (Å²) in [7, 11) is 0. The van der Waals surface area contributed by atoms with Crippen LogP contribution in [0.25, 0.3) is 10.6 Å². The second-order valence-electron chi connectivity index (χ2n) is 3.07. The Morgan fingerprint density at radius 2 is 2.00 bits per heavy atom. The van der Waals surface area contributed by atoms with Gasteiger partial charge in [0.15, 0.2) is 11.1 Å². The molecule has 1 aromatic carbocycles. The minimum Gasteiger partial charge on any atom is -0.302 e. The molecular weight excluding hydrogens is 230 g/mol. The minimum atomic E-state index is -1.91. The second-order valence-corrected chi connectivity index (χ2v) is 4.90. The van der Waals surface area contributed by atoms with Crippen LogP contribution in [0.3, 0.4) is 0 Å². The second kappa shape index (κ2) is 4.22. The number of nitrogens with zero attached hydrogens (tertiary/aromatic N) is 1. The number of aromatic nitrogens is 1. The summed E-state index contributed by atoms with van der Waals surface area (Å²) in [5.41, 5.74) is 1.96. The lowest BCUT2D eigenvalue weighted by Crippen LogP contribution is -1.87. The van der Waals surface area contributed by atoms with Crippen LogP contribution in [0, 0.1) is 6.92 Å². The number of thiazole rings is 1. The Labute approximate surface area is 94.1 Å². The Morgan fingerprint density at radius 1 is 1.33 bits per heavy atom. The summed E-state index contributed by atoms with van der Waals surface area (Å²) >= 11 is -0.338. The standard InChI is InChI=1S/C10H9NO2S2/c1-7-6-14-10(11-7)8-2-4-9(5-3-8)15(12)13/h2-6H,1H3,(H,12,13). The highest BCUT2D eigenvalue weighted by atomic mass is 32.2. The van der Waals surface area contributed by atoms with Gasteiger partial charge in [-0.05, 0) is 19.1 Å². The van der Waals surface area contributed by atoms with Crippen molar-refractivity contribution in [2.75, 3.05) is 0 Å². The molecular formula is C10H9NO2S2. The SMILES string of the molecule is Cc1csc(-c2ccc(S(=O)O)cc2)n1. The lowest BCUT2D eigenvalue weighted by molar-refractivity contribution is 0.564. The van der Waals surface area contributed by atoms with E-state index in [-0.39, 0.29) is 0 Å². The third kappa shape index (κ3) is 2.31. The molecule has 0 spiro atoms. The molecule has 0 saturated carbocycles. The van der Waals surface area contributed by atoms with Gasteiger partial charge in [0.25, 0.3) is 0 Å². The Morgan fingerprint density at radius 3 is 2.47 bits per heavy atom.